The smallest absolute Gasteiger partial charge is 0.000728 e. The molecule has 0 aliphatic carbocycles. The summed E-state index contributed by atoms with van der Waals surface area (Å²) in [6.07, 6.45) is 0.856. The van der Waals surface area contributed by atoms with Gasteiger partial charge in [-0.1, -0.05) is 176 Å². The molecule has 0 heterocycles. The molecule has 0 unspecified atom stereocenters. The Bertz CT molecular complexity index is 2520. The molecule has 0 radical (unpaired) electrons. The van der Waals surface area contributed by atoms with Gasteiger partial charge in [0.15, 0.2) is 0 Å². The number of rotatable bonds is 5. The third-order valence-corrected chi connectivity index (χ3v) is 9.77. The first-order chi connectivity index (χ1) is 23.3. The highest BCUT2D eigenvalue weighted by Crippen LogP contribution is 2.44. The van der Waals surface area contributed by atoms with Crippen LogP contribution in [-0.4, -0.2) is 0 Å². The molecule has 0 bridgehead atoms. The van der Waals surface area contributed by atoms with E-state index in [1.54, 1.807) is 0 Å². The van der Waals surface area contributed by atoms with Crippen LogP contribution in [0.3, 0.4) is 0 Å². The van der Waals surface area contributed by atoms with Crippen molar-refractivity contribution < 1.29 is 0 Å². The molecular formula is C47H32. The number of hydrogen-bond acceptors (Lipinski definition) is 0. The molecule has 0 aliphatic heterocycles. The van der Waals surface area contributed by atoms with Gasteiger partial charge in [0.05, 0.1) is 0 Å². The quantitative estimate of drug-likeness (QED) is 0.137. The Kier molecular flexibility index (Phi) is 6.65. The van der Waals surface area contributed by atoms with Gasteiger partial charge in [0, 0.05) is 0 Å². The van der Waals surface area contributed by atoms with Gasteiger partial charge in [0.2, 0.25) is 0 Å². The van der Waals surface area contributed by atoms with E-state index in [1.165, 1.54) is 87.6 Å². The lowest BCUT2D eigenvalue weighted by Gasteiger charge is -2.20. The van der Waals surface area contributed by atoms with Gasteiger partial charge in [0.1, 0.15) is 0 Å². The summed E-state index contributed by atoms with van der Waals surface area (Å²) in [6.45, 7) is 0. The first-order valence-electron chi connectivity index (χ1n) is 16.4. The first kappa shape index (κ1) is 27.3. The van der Waals surface area contributed by atoms with E-state index in [0.29, 0.717) is 0 Å². The molecule has 9 aromatic rings. The maximum absolute atomic E-state index is 2.36. The average Bonchev–Trinajstić information content (AvgIpc) is 3.15. The van der Waals surface area contributed by atoms with E-state index in [0.717, 1.165) is 6.42 Å². The summed E-state index contributed by atoms with van der Waals surface area (Å²) in [5, 5.41) is 10.3. The fraction of sp³-hybridized carbons (Fsp3) is 0.0213. The third kappa shape index (κ3) is 4.69. The van der Waals surface area contributed by atoms with Crippen molar-refractivity contribution in [2.75, 3.05) is 0 Å². The van der Waals surface area contributed by atoms with Crippen molar-refractivity contribution >= 4 is 43.1 Å². The van der Waals surface area contributed by atoms with E-state index in [2.05, 4.69) is 182 Å². The van der Waals surface area contributed by atoms with Gasteiger partial charge < -0.3 is 0 Å². The monoisotopic (exact) mass is 596 g/mol. The second-order valence-corrected chi connectivity index (χ2v) is 12.4. The fourth-order valence-electron chi connectivity index (χ4n) is 7.58. The second-order valence-electron chi connectivity index (χ2n) is 12.4. The van der Waals surface area contributed by atoms with Gasteiger partial charge in [0.25, 0.3) is 0 Å². The Morgan fingerprint density at radius 2 is 0.851 bits per heavy atom. The highest BCUT2D eigenvalue weighted by molar-refractivity contribution is 6.21. The lowest BCUT2D eigenvalue weighted by atomic mass is 9.84. The van der Waals surface area contributed by atoms with Crippen molar-refractivity contribution in [2.24, 2.45) is 0 Å². The molecule has 220 valence electrons. The molecule has 9 rings (SSSR count). The molecule has 0 aliphatic rings. The summed E-state index contributed by atoms with van der Waals surface area (Å²) >= 11 is 0. The molecular weight excluding hydrogens is 565 g/mol. The number of fused-ring (bicyclic) bond motifs is 5. The molecule has 0 fully saturated rings. The first-order valence-corrected chi connectivity index (χ1v) is 16.4. The van der Waals surface area contributed by atoms with Crippen LogP contribution in [0, 0.1) is 0 Å². The van der Waals surface area contributed by atoms with E-state index in [1.807, 2.05) is 0 Å². The molecule has 0 saturated heterocycles. The number of benzene rings is 9. The summed E-state index contributed by atoms with van der Waals surface area (Å²) in [5.74, 6) is 0. The summed E-state index contributed by atoms with van der Waals surface area (Å²) < 4.78 is 0. The standard InChI is InChI=1S/C47H32/c1-3-14-32(15-4-1)35-27-26-34-28-29-41-38(45(34)30-35)24-13-25-44(41)47-42-22-11-9-20-39(42)46(40-21-10-12-23-43(40)47)31-36-18-7-8-19-37(36)33-16-5-2-6-17-33/h1-30H,31H2. The predicted molar refractivity (Wildman–Crippen MR) is 202 cm³/mol. The molecule has 0 amide bonds. The van der Waals surface area contributed by atoms with Gasteiger partial charge in [-0.25, -0.2) is 0 Å². The molecule has 0 spiro atoms. The van der Waals surface area contributed by atoms with E-state index < -0.39 is 0 Å². The minimum atomic E-state index is 0.856. The zero-order valence-electron chi connectivity index (χ0n) is 26.0. The Hall–Kier alpha value is -5.98. The Balaban J connectivity index is 1.29. The lowest BCUT2D eigenvalue weighted by Crippen LogP contribution is -1.97. The summed E-state index contributed by atoms with van der Waals surface area (Å²) in [7, 11) is 0. The van der Waals surface area contributed by atoms with Crippen molar-refractivity contribution in [1.29, 1.82) is 0 Å². The number of hydrogen-bond donors (Lipinski definition) is 0. The molecule has 0 aromatic heterocycles. The summed E-state index contributed by atoms with van der Waals surface area (Å²) in [5.41, 5.74) is 10.3. The van der Waals surface area contributed by atoms with Gasteiger partial charge in [-0.15, -0.1) is 0 Å². The molecule has 0 saturated carbocycles. The molecule has 0 atom stereocenters. The third-order valence-electron chi connectivity index (χ3n) is 9.77. The highest BCUT2D eigenvalue weighted by atomic mass is 14.2. The molecule has 0 heteroatoms. The van der Waals surface area contributed by atoms with Crippen LogP contribution in [-0.2, 0) is 6.42 Å². The summed E-state index contributed by atoms with van der Waals surface area (Å²) in [6, 6.07) is 66.7. The van der Waals surface area contributed by atoms with E-state index in [4.69, 9.17) is 0 Å². The topological polar surface area (TPSA) is 0 Å². The molecule has 9 aromatic carbocycles. The normalized spacial score (nSPS) is 11.5. The van der Waals surface area contributed by atoms with Crippen LogP contribution in [0.1, 0.15) is 11.1 Å². The second kappa shape index (κ2) is 11.4. The van der Waals surface area contributed by atoms with Crippen LogP contribution in [0.5, 0.6) is 0 Å². The molecule has 0 nitrogen and oxygen atoms in total. The lowest BCUT2D eigenvalue weighted by molar-refractivity contribution is 1.23. The van der Waals surface area contributed by atoms with Crippen LogP contribution >= 0.6 is 0 Å². The van der Waals surface area contributed by atoms with Gasteiger partial charge in [-0.2, -0.15) is 0 Å². The SMILES string of the molecule is c1ccc(-c2ccc3ccc4c(-c5c6ccccc6c(Cc6ccccc6-c6ccccc6)c6ccccc56)cccc4c3c2)cc1. The van der Waals surface area contributed by atoms with Crippen LogP contribution in [0.2, 0.25) is 0 Å². The Morgan fingerprint density at radius 1 is 0.298 bits per heavy atom. The van der Waals surface area contributed by atoms with E-state index in [9.17, 15) is 0 Å². The predicted octanol–water partition coefficient (Wildman–Crippen LogP) is 12.9. The maximum atomic E-state index is 2.36. The van der Waals surface area contributed by atoms with E-state index >= 15 is 0 Å². The minimum Gasteiger partial charge on any atom is -0.0622 e. The van der Waals surface area contributed by atoms with Crippen LogP contribution in [0.15, 0.2) is 182 Å². The zero-order valence-corrected chi connectivity index (χ0v) is 26.0. The van der Waals surface area contributed by atoms with Crippen molar-refractivity contribution in [3.63, 3.8) is 0 Å². The van der Waals surface area contributed by atoms with Crippen molar-refractivity contribution in [2.45, 2.75) is 6.42 Å². The summed E-state index contributed by atoms with van der Waals surface area (Å²) in [4.78, 5) is 0. The van der Waals surface area contributed by atoms with E-state index in [-0.39, 0.29) is 0 Å². The van der Waals surface area contributed by atoms with Crippen LogP contribution < -0.4 is 0 Å². The Labute approximate surface area is 275 Å². The highest BCUT2D eigenvalue weighted by Gasteiger charge is 2.18. The zero-order chi connectivity index (χ0) is 31.2. The minimum absolute atomic E-state index is 0.856. The fourth-order valence-corrected chi connectivity index (χ4v) is 7.58. The van der Waals surface area contributed by atoms with Crippen LogP contribution in [0.4, 0.5) is 0 Å². The van der Waals surface area contributed by atoms with Gasteiger partial charge in [-0.3, -0.25) is 0 Å². The van der Waals surface area contributed by atoms with Crippen molar-refractivity contribution in [3.8, 4) is 33.4 Å². The molecule has 0 N–H and O–H groups in total. The van der Waals surface area contributed by atoms with Crippen LogP contribution in [0.25, 0.3) is 76.5 Å². The van der Waals surface area contributed by atoms with Gasteiger partial charge in [-0.05, 0) is 100 Å². The van der Waals surface area contributed by atoms with Crippen molar-refractivity contribution in [1.82, 2.24) is 0 Å². The Morgan fingerprint density at radius 3 is 1.57 bits per heavy atom. The largest absolute Gasteiger partial charge is 0.0622 e. The maximum Gasteiger partial charge on any atom is -0.000728 e. The molecule has 47 heavy (non-hydrogen) atoms. The average molecular weight is 597 g/mol. The van der Waals surface area contributed by atoms with Gasteiger partial charge >= 0.3 is 0 Å². The van der Waals surface area contributed by atoms with Crippen molar-refractivity contribution in [3.05, 3.63) is 193 Å².